The molecule has 0 spiro atoms. The number of carboxylic acids is 2. The van der Waals surface area contributed by atoms with Gasteiger partial charge in [-0.05, 0) is 18.2 Å². The van der Waals surface area contributed by atoms with Gasteiger partial charge in [0.1, 0.15) is 58.7 Å². The molecule has 0 radical (unpaired) electrons. The number of methoxy groups -OCH3 is 1. The molecule has 1 aromatic heterocycles. The third-order valence-electron chi connectivity index (χ3n) is 7.39. The van der Waals surface area contributed by atoms with Gasteiger partial charge >= 0.3 is 11.9 Å². The lowest BCUT2D eigenvalue weighted by Crippen LogP contribution is -2.66. The highest BCUT2D eigenvalue weighted by Crippen LogP contribution is 2.36. The van der Waals surface area contributed by atoms with Crippen LogP contribution in [-0.4, -0.2) is 126 Å². The summed E-state index contributed by atoms with van der Waals surface area (Å²) < 4.78 is 32.3. The maximum Gasteiger partial charge on any atom is 0.335 e. The van der Waals surface area contributed by atoms with Gasteiger partial charge in [0.2, 0.25) is 6.29 Å². The first kappa shape index (κ1) is 32.9. The topological polar surface area (TPSA) is 293 Å². The van der Waals surface area contributed by atoms with E-state index in [1.807, 2.05) is 0 Å². The molecule has 18 heteroatoms. The van der Waals surface area contributed by atoms with E-state index in [1.54, 1.807) is 0 Å². The summed E-state index contributed by atoms with van der Waals surface area (Å²) in [6.45, 7) is 0. The number of ether oxygens (including phenoxy) is 5. The molecule has 10 atom stereocenters. The van der Waals surface area contributed by atoms with Crippen molar-refractivity contribution in [2.75, 3.05) is 7.11 Å². The van der Waals surface area contributed by atoms with E-state index in [0.717, 1.165) is 18.2 Å². The van der Waals surface area contributed by atoms with E-state index in [0.29, 0.717) is 0 Å². The number of phenolic OH excluding ortho intramolecular Hbond substituents is 2. The van der Waals surface area contributed by atoms with Crippen molar-refractivity contribution in [1.82, 2.24) is 0 Å². The lowest BCUT2D eigenvalue weighted by atomic mass is 9.97. The monoisotopic (exact) mass is 652 g/mol. The van der Waals surface area contributed by atoms with Gasteiger partial charge in [-0.15, -0.1) is 0 Å². The number of fused-ring (bicyclic) bond motifs is 1. The maximum absolute atomic E-state index is 12.9. The minimum Gasteiger partial charge on any atom is -0.507 e. The Balaban J connectivity index is 1.50. The molecule has 3 heterocycles. The van der Waals surface area contributed by atoms with Crippen LogP contribution in [-0.2, 0) is 23.8 Å². The highest BCUT2D eigenvalue weighted by Gasteiger charge is 2.54. The second-order valence-corrected chi connectivity index (χ2v) is 10.4. The Hall–Kier alpha value is -4.53. The molecule has 248 valence electrons. The highest BCUT2D eigenvalue weighted by molar-refractivity contribution is 5.86. The van der Waals surface area contributed by atoms with Gasteiger partial charge in [-0.2, -0.15) is 0 Å². The summed E-state index contributed by atoms with van der Waals surface area (Å²) in [7, 11) is 1.34. The fourth-order valence-electron chi connectivity index (χ4n) is 5.03. The van der Waals surface area contributed by atoms with Crippen molar-refractivity contribution in [3.63, 3.8) is 0 Å². The molecule has 9 N–H and O–H groups in total. The standard InChI is InChI=1S/C28H28O18/c1-41-13-3-2-8(4-10(13)29)14-7-12(31)16-11(30)5-9(6-15(16)43-14)42-28-24(20(35)19(34)23(45-28)26(39)40)46-27-21(36)17(32)18(33)22(44-27)25(37)38/h2-7,17-24,27-30,32-36H,1H3,(H,37,38)(H,39,40). The Labute approximate surface area is 256 Å². The number of aliphatic carboxylic acids is 2. The number of benzene rings is 2. The molecule has 18 nitrogen and oxygen atoms in total. The number of phenols is 2. The van der Waals surface area contributed by atoms with Crippen LogP contribution < -0.4 is 14.9 Å². The summed E-state index contributed by atoms with van der Waals surface area (Å²) in [5.41, 5.74) is -0.720. The third-order valence-corrected chi connectivity index (χ3v) is 7.39. The Kier molecular flexibility index (Phi) is 9.07. The zero-order chi connectivity index (χ0) is 33.6. The highest BCUT2D eigenvalue weighted by atomic mass is 16.8. The maximum atomic E-state index is 12.9. The van der Waals surface area contributed by atoms with Gasteiger partial charge in [-0.25, -0.2) is 9.59 Å². The number of aromatic hydroxyl groups is 2. The normalized spacial score (nSPS) is 31.3. The van der Waals surface area contributed by atoms with Crippen molar-refractivity contribution >= 4 is 22.9 Å². The minimum absolute atomic E-state index is 0.0521. The number of hydrogen-bond donors (Lipinski definition) is 9. The van der Waals surface area contributed by atoms with Crippen molar-refractivity contribution in [2.24, 2.45) is 0 Å². The fourth-order valence-corrected chi connectivity index (χ4v) is 5.03. The molecular weight excluding hydrogens is 624 g/mol. The Morgan fingerprint density at radius 3 is 2.00 bits per heavy atom. The Morgan fingerprint density at radius 2 is 1.39 bits per heavy atom. The van der Waals surface area contributed by atoms with E-state index in [-0.39, 0.29) is 39.5 Å². The lowest BCUT2D eigenvalue weighted by molar-refractivity contribution is -0.350. The minimum atomic E-state index is -2.17. The molecule has 0 amide bonds. The van der Waals surface area contributed by atoms with Crippen LogP contribution >= 0.6 is 0 Å². The van der Waals surface area contributed by atoms with E-state index < -0.39 is 84.5 Å². The number of aliphatic hydroxyl groups excluding tert-OH is 5. The van der Waals surface area contributed by atoms with Crippen LogP contribution in [0.5, 0.6) is 23.0 Å². The number of hydrogen-bond acceptors (Lipinski definition) is 16. The second kappa shape index (κ2) is 12.7. The average molecular weight is 653 g/mol. The number of rotatable bonds is 8. The summed E-state index contributed by atoms with van der Waals surface area (Å²) in [5, 5.41) is 91.0. The van der Waals surface area contributed by atoms with E-state index in [2.05, 4.69) is 0 Å². The first-order chi connectivity index (χ1) is 21.7. The molecule has 46 heavy (non-hydrogen) atoms. The smallest absolute Gasteiger partial charge is 0.335 e. The molecule has 2 aliphatic rings. The van der Waals surface area contributed by atoms with E-state index >= 15 is 0 Å². The molecule has 3 aromatic rings. The van der Waals surface area contributed by atoms with E-state index in [1.165, 1.54) is 25.3 Å². The molecule has 2 fully saturated rings. The lowest BCUT2D eigenvalue weighted by Gasteiger charge is -2.44. The number of carbonyl (C=O) groups is 2. The number of aliphatic hydroxyl groups is 5. The molecule has 2 aromatic carbocycles. The van der Waals surface area contributed by atoms with Crippen LogP contribution in [0.3, 0.4) is 0 Å². The summed E-state index contributed by atoms with van der Waals surface area (Å²) >= 11 is 0. The molecule has 10 unspecified atom stereocenters. The molecule has 2 aliphatic heterocycles. The van der Waals surface area contributed by atoms with Gasteiger partial charge in [0.15, 0.2) is 41.5 Å². The summed E-state index contributed by atoms with van der Waals surface area (Å²) in [5.74, 6) is -4.68. The summed E-state index contributed by atoms with van der Waals surface area (Å²) in [4.78, 5) is 36.2. The molecule has 0 aliphatic carbocycles. The SMILES string of the molecule is COc1ccc(-c2cc(=O)c3c(O)cc(OC4OC(C(=O)O)C(O)C(O)C4OC4OC(C(=O)O)C(O)C(O)C4O)cc3o2)cc1O. The molecular formula is C28H28O18. The fraction of sp³-hybridized carbons (Fsp3) is 0.393. The van der Waals surface area contributed by atoms with Gasteiger partial charge in [0.05, 0.1) is 7.11 Å². The molecule has 2 saturated heterocycles. The Bertz CT molecular complexity index is 1690. The van der Waals surface area contributed by atoms with E-state index in [4.69, 9.17) is 28.1 Å². The molecule has 5 rings (SSSR count). The van der Waals surface area contributed by atoms with Gasteiger partial charge in [0, 0.05) is 23.8 Å². The van der Waals surface area contributed by atoms with Crippen LogP contribution in [0.4, 0.5) is 0 Å². The summed E-state index contributed by atoms with van der Waals surface area (Å²) in [6.07, 6.45) is -20.9. The van der Waals surface area contributed by atoms with Crippen LogP contribution in [0.15, 0.2) is 45.6 Å². The second-order valence-electron chi connectivity index (χ2n) is 10.4. The molecule has 0 saturated carbocycles. The zero-order valence-electron chi connectivity index (χ0n) is 23.4. The first-order valence-electron chi connectivity index (χ1n) is 13.4. The van der Waals surface area contributed by atoms with Crippen molar-refractivity contribution in [3.8, 4) is 34.3 Å². The predicted octanol–water partition coefficient (Wildman–Crippen LogP) is -1.93. The van der Waals surface area contributed by atoms with Crippen molar-refractivity contribution in [2.45, 2.75) is 61.4 Å². The summed E-state index contributed by atoms with van der Waals surface area (Å²) in [6, 6.07) is 7.20. The largest absolute Gasteiger partial charge is 0.507 e. The van der Waals surface area contributed by atoms with Crippen LogP contribution in [0.25, 0.3) is 22.3 Å². The van der Waals surface area contributed by atoms with E-state index in [9.17, 15) is 60.3 Å². The quantitative estimate of drug-likeness (QED) is 0.128. The first-order valence-corrected chi connectivity index (χ1v) is 13.4. The third kappa shape index (κ3) is 6.02. The molecule has 0 bridgehead atoms. The number of carboxylic acid groups (broad SMARTS) is 2. The Morgan fingerprint density at radius 1 is 0.761 bits per heavy atom. The van der Waals surface area contributed by atoms with Gasteiger partial charge in [-0.3, -0.25) is 4.79 Å². The van der Waals surface area contributed by atoms with Gasteiger partial charge in [0.25, 0.3) is 0 Å². The van der Waals surface area contributed by atoms with Crippen molar-refractivity contribution < 1.29 is 83.6 Å². The van der Waals surface area contributed by atoms with Crippen LogP contribution in [0.1, 0.15) is 0 Å². The van der Waals surface area contributed by atoms with Gasteiger partial charge in [-0.1, -0.05) is 0 Å². The zero-order valence-corrected chi connectivity index (χ0v) is 23.4. The van der Waals surface area contributed by atoms with Crippen LogP contribution in [0, 0.1) is 0 Å². The van der Waals surface area contributed by atoms with Crippen LogP contribution in [0.2, 0.25) is 0 Å². The predicted molar refractivity (Wildman–Crippen MR) is 146 cm³/mol. The average Bonchev–Trinajstić information content (AvgIpc) is 2.99. The van der Waals surface area contributed by atoms with Crippen molar-refractivity contribution in [1.29, 1.82) is 0 Å². The van der Waals surface area contributed by atoms with Gasteiger partial charge < -0.3 is 74.1 Å². The van der Waals surface area contributed by atoms with Crippen molar-refractivity contribution in [3.05, 3.63) is 46.6 Å².